The molecule has 0 spiro atoms. The van der Waals surface area contributed by atoms with Crippen LogP contribution in [0.5, 0.6) is 0 Å². The first kappa shape index (κ1) is 16.0. The van der Waals surface area contributed by atoms with Gasteiger partial charge in [0.25, 0.3) is 0 Å². The molecule has 7 heteroatoms. The summed E-state index contributed by atoms with van der Waals surface area (Å²) in [7, 11) is 0. The number of aromatic nitrogens is 1. The molecule has 0 atom stereocenters. The van der Waals surface area contributed by atoms with Crippen molar-refractivity contribution in [2.45, 2.75) is 13.8 Å². The smallest absolute Gasteiger partial charge is 0.229 e. The monoisotopic (exact) mass is 334 g/mol. The Labute approximate surface area is 140 Å². The molecule has 2 fully saturated rings. The zero-order valence-electron chi connectivity index (χ0n) is 13.3. The van der Waals surface area contributed by atoms with E-state index in [4.69, 9.17) is 16.3 Å². The second-order valence-electron chi connectivity index (χ2n) is 5.99. The molecule has 3 rings (SSSR count). The molecule has 3 heterocycles. The molecular weight excluding hydrogens is 316 g/mol. The Morgan fingerprint density at radius 1 is 1.35 bits per heavy atom. The van der Waals surface area contributed by atoms with Crippen LogP contribution in [0.2, 0.25) is 5.02 Å². The molecule has 23 heavy (non-hydrogen) atoms. The number of amides is 1. The molecule has 0 bridgehead atoms. The van der Waals surface area contributed by atoms with Gasteiger partial charge in [-0.25, -0.2) is 4.98 Å². The van der Waals surface area contributed by atoms with Crippen LogP contribution < -0.4 is 4.90 Å². The van der Waals surface area contributed by atoms with Crippen molar-refractivity contribution in [3.05, 3.63) is 21.8 Å². The summed E-state index contributed by atoms with van der Waals surface area (Å²) >= 11 is 6.18. The van der Waals surface area contributed by atoms with Crippen LogP contribution in [0.4, 0.5) is 5.82 Å². The normalized spacial score (nSPS) is 18.5. The molecule has 6 nitrogen and oxygen atoms in total. The van der Waals surface area contributed by atoms with Crippen LogP contribution in [-0.2, 0) is 9.53 Å². The Balaban J connectivity index is 1.72. The van der Waals surface area contributed by atoms with Crippen LogP contribution in [0.25, 0.3) is 0 Å². The molecule has 122 valence electrons. The largest absolute Gasteiger partial charge is 0.378 e. The lowest BCUT2D eigenvalue weighted by atomic mass is 9.96. The fourth-order valence-electron chi connectivity index (χ4n) is 3.02. The number of hydrogen-bond donors (Lipinski definition) is 0. The predicted molar refractivity (Wildman–Crippen MR) is 86.5 cm³/mol. The Morgan fingerprint density at radius 3 is 2.61 bits per heavy atom. The predicted octanol–water partition coefficient (Wildman–Crippen LogP) is 1.52. The number of nitrogens with zero attached hydrogens (tertiary/aromatic N) is 4. The van der Waals surface area contributed by atoms with Crippen molar-refractivity contribution in [3.8, 4) is 6.07 Å². The van der Waals surface area contributed by atoms with Gasteiger partial charge in [0.15, 0.2) is 0 Å². The number of carbonyl (C=O) groups excluding carboxylic acids is 1. The molecule has 0 aromatic carbocycles. The highest BCUT2D eigenvalue weighted by Crippen LogP contribution is 2.33. The van der Waals surface area contributed by atoms with Gasteiger partial charge in [0, 0.05) is 26.2 Å². The van der Waals surface area contributed by atoms with Gasteiger partial charge in [0.05, 0.1) is 35.4 Å². The molecule has 0 radical (unpaired) electrons. The summed E-state index contributed by atoms with van der Waals surface area (Å²) in [6, 6.07) is 2.19. The van der Waals surface area contributed by atoms with Crippen molar-refractivity contribution < 1.29 is 9.53 Å². The second kappa shape index (κ2) is 6.34. The van der Waals surface area contributed by atoms with Gasteiger partial charge in [-0.15, -0.1) is 0 Å². The van der Waals surface area contributed by atoms with Gasteiger partial charge in [-0.2, -0.15) is 5.26 Å². The lowest BCUT2D eigenvalue weighted by molar-refractivity contribution is -0.140. The number of ether oxygens (including phenoxy) is 1. The molecule has 0 unspecified atom stereocenters. The maximum Gasteiger partial charge on any atom is 0.229 e. The van der Waals surface area contributed by atoms with E-state index in [-0.39, 0.29) is 11.8 Å². The molecule has 1 aromatic heterocycles. The van der Waals surface area contributed by atoms with Crippen LogP contribution in [0.15, 0.2) is 0 Å². The Kier molecular flexibility index (Phi) is 4.42. The summed E-state index contributed by atoms with van der Waals surface area (Å²) in [5.41, 5.74) is 1.96. The van der Waals surface area contributed by atoms with Crippen molar-refractivity contribution in [3.63, 3.8) is 0 Å². The molecule has 2 aliphatic heterocycles. The third kappa shape index (κ3) is 2.87. The van der Waals surface area contributed by atoms with Gasteiger partial charge in [0.2, 0.25) is 5.91 Å². The first-order valence-electron chi connectivity index (χ1n) is 7.71. The summed E-state index contributed by atoms with van der Waals surface area (Å²) in [5, 5.41) is 9.93. The zero-order valence-corrected chi connectivity index (χ0v) is 14.1. The van der Waals surface area contributed by atoms with Crippen LogP contribution in [-0.4, -0.2) is 55.2 Å². The minimum Gasteiger partial charge on any atom is -0.378 e. The number of aryl methyl sites for hydroxylation is 1. The number of morpholine rings is 1. The molecule has 0 saturated carbocycles. The number of pyridine rings is 1. The summed E-state index contributed by atoms with van der Waals surface area (Å²) in [6.07, 6.45) is 0. The van der Waals surface area contributed by atoms with E-state index < -0.39 is 0 Å². The molecule has 0 aliphatic carbocycles. The van der Waals surface area contributed by atoms with Crippen LogP contribution >= 0.6 is 11.6 Å². The Bertz CT molecular complexity index is 674. The molecule has 0 N–H and O–H groups in total. The maximum atomic E-state index is 12.4. The van der Waals surface area contributed by atoms with E-state index in [1.165, 1.54) is 0 Å². The summed E-state index contributed by atoms with van der Waals surface area (Å²) in [6.45, 7) is 7.39. The molecule has 2 aliphatic rings. The van der Waals surface area contributed by atoms with Crippen molar-refractivity contribution >= 4 is 23.3 Å². The third-order valence-electron chi connectivity index (χ3n) is 4.48. The summed E-state index contributed by atoms with van der Waals surface area (Å²) < 4.78 is 5.28. The van der Waals surface area contributed by atoms with Crippen LogP contribution in [0.3, 0.4) is 0 Å². The van der Waals surface area contributed by atoms with E-state index in [2.05, 4.69) is 11.1 Å². The van der Waals surface area contributed by atoms with Gasteiger partial charge >= 0.3 is 0 Å². The van der Waals surface area contributed by atoms with E-state index in [1.807, 2.05) is 23.6 Å². The summed E-state index contributed by atoms with van der Waals surface area (Å²) in [4.78, 5) is 20.7. The van der Waals surface area contributed by atoms with Gasteiger partial charge in [-0.3, -0.25) is 4.79 Å². The standard InChI is InChI=1S/C16H19ClN4O2/c1-10-13(7-18)15(19-11(2)14(10)17)21-8-12(9-21)16(22)20-3-5-23-6-4-20/h12H,3-6,8-9H2,1-2H3. The average molecular weight is 335 g/mol. The minimum atomic E-state index is -0.0299. The average Bonchev–Trinajstić information content (AvgIpc) is 2.52. The summed E-state index contributed by atoms with van der Waals surface area (Å²) in [5.74, 6) is 0.779. The zero-order chi connectivity index (χ0) is 16.6. The Hall–Kier alpha value is -1.84. The molecular formula is C16H19ClN4O2. The van der Waals surface area contributed by atoms with Crippen molar-refractivity contribution in [2.24, 2.45) is 5.92 Å². The van der Waals surface area contributed by atoms with Gasteiger partial charge in [-0.05, 0) is 19.4 Å². The SMILES string of the molecule is Cc1nc(N2CC(C(=O)N3CCOCC3)C2)c(C#N)c(C)c1Cl. The minimum absolute atomic E-state index is 0.0299. The maximum absolute atomic E-state index is 12.4. The van der Waals surface area contributed by atoms with Crippen molar-refractivity contribution in [2.75, 3.05) is 44.3 Å². The molecule has 1 aromatic rings. The number of halogens is 1. The lowest BCUT2D eigenvalue weighted by Crippen LogP contribution is -2.56. The van der Waals surface area contributed by atoms with Crippen LogP contribution in [0, 0.1) is 31.1 Å². The first-order chi connectivity index (χ1) is 11.0. The highest BCUT2D eigenvalue weighted by molar-refractivity contribution is 6.32. The molecule has 1 amide bonds. The highest BCUT2D eigenvalue weighted by Gasteiger charge is 2.37. The lowest BCUT2D eigenvalue weighted by Gasteiger charge is -2.42. The number of rotatable bonds is 2. The van der Waals surface area contributed by atoms with Gasteiger partial charge in [-0.1, -0.05) is 11.6 Å². The van der Waals surface area contributed by atoms with E-state index in [0.29, 0.717) is 61.5 Å². The second-order valence-corrected chi connectivity index (χ2v) is 6.36. The molecule has 2 saturated heterocycles. The highest BCUT2D eigenvalue weighted by atomic mass is 35.5. The van der Waals surface area contributed by atoms with Crippen molar-refractivity contribution in [1.29, 1.82) is 5.26 Å². The third-order valence-corrected chi connectivity index (χ3v) is 5.04. The van der Waals surface area contributed by atoms with E-state index in [0.717, 1.165) is 5.56 Å². The Morgan fingerprint density at radius 2 is 2.00 bits per heavy atom. The first-order valence-corrected chi connectivity index (χ1v) is 8.09. The van der Waals surface area contributed by atoms with Gasteiger partial charge in [0.1, 0.15) is 11.9 Å². The van der Waals surface area contributed by atoms with E-state index in [9.17, 15) is 10.1 Å². The fraction of sp³-hybridized carbons (Fsp3) is 0.562. The van der Waals surface area contributed by atoms with Crippen molar-refractivity contribution in [1.82, 2.24) is 9.88 Å². The number of nitriles is 1. The number of carbonyl (C=O) groups is 1. The fourth-order valence-corrected chi connectivity index (χ4v) is 3.16. The quantitative estimate of drug-likeness (QED) is 0.820. The van der Waals surface area contributed by atoms with E-state index >= 15 is 0 Å². The number of anilines is 1. The van der Waals surface area contributed by atoms with Gasteiger partial charge < -0.3 is 14.5 Å². The van der Waals surface area contributed by atoms with Crippen LogP contribution in [0.1, 0.15) is 16.8 Å². The number of hydrogen-bond acceptors (Lipinski definition) is 5. The van der Waals surface area contributed by atoms with E-state index in [1.54, 1.807) is 0 Å². The topological polar surface area (TPSA) is 69.5 Å².